The van der Waals surface area contributed by atoms with Gasteiger partial charge in [0.05, 0.1) is 17.2 Å². The summed E-state index contributed by atoms with van der Waals surface area (Å²) < 4.78 is 0. The van der Waals surface area contributed by atoms with E-state index in [4.69, 9.17) is 5.73 Å². The summed E-state index contributed by atoms with van der Waals surface area (Å²) >= 11 is 1.12. The van der Waals surface area contributed by atoms with Gasteiger partial charge in [0.25, 0.3) is 0 Å². The molecule has 1 saturated heterocycles. The van der Waals surface area contributed by atoms with Gasteiger partial charge >= 0.3 is 0 Å². The summed E-state index contributed by atoms with van der Waals surface area (Å²) in [4.78, 5) is 22.7. The number of aliphatic hydroxyl groups excluding tert-OH is 1. The van der Waals surface area contributed by atoms with Crippen molar-refractivity contribution in [1.29, 1.82) is 10.5 Å². The second kappa shape index (κ2) is 8.31. The fraction of sp³-hybridized carbons (Fsp3) is 0.381. The predicted octanol–water partition coefficient (Wildman–Crippen LogP) is 1.99. The molecule has 2 unspecified atom stereocenters. The fourth-order valence-electron chi connectivity index (χ4n) is 3.76. The number of β-amino-alcohol motifs (C(OH)–C–C–N with tert-alkyl or cyclic N) is 1. The Balaban J connectivity index is 1.84. The molecule has 9 heteroatoms. The topological polar surface area (TPSA) is 140 Å². The van der Waals surface area contributed by atoms with E-state index in [0.29, 0.717) is 52.6 Å². The van der Waals surface area contributed by atoms with Crippen molar-refractivity contribution in [3.05, 3.63) is 46.8 Å². The zero-order chi connectivity index (χ0) is 21.3. The minimum Gasteiger partial charge on any atom is -0.391 e. The molecule has 8 nitrogen and oxygen atoms in total. The SMILES string of the molecule is N#Cc1c(SC(C(N)=O)c2ccncc2)nc(N2CCC(O)C2)c(C#N)c1C1CC1. The van der Waals surface area contributed by atoms with E-state index in [1.807, 2.05) is 4.90 Å². The molecule has 1 aliphatic heterocycles. The van der Waals surface area contributed by atoms with Gasteiger partial charge in [0, 0.05) is 25.5 Å². The van der Waals surface area contributed by atoms with Crippen LogP contribution in [0.1, 0.15) is 52.7 Å². The van der Waals surface area contributed by atoms with Gasteiger partial charge in [-0.15, -0.1) is 0 Å². The molecule has 2 aliphatic rings. The third-order valence-corrected chi connectivity index (χ3v) is 6.61. The number of primary amides is 1. The first-order valence-corrected chi connectivity index (χ1v) is 10.6. The average molecular weight is 420 g/mol. The molecule has 1 saturated carbocycles. The van der Waals surface area contributed by atoms with Gasteiger partial charge in [-0.1, -0.05) is 11.8 Å². The number of carbonyl (C=O) groups excluding carboxylic acids is 1. The van der Waals surface area contributed by atoms with Gasteiger partial charge in [-0.3, -0.25) is 9.78 Å². The first-order chi connectivity index (χ1) is 14.5. The van der Waals surface area contributed by atoms with Crippen molar-refractivity contribution in [3.63, 3.8) is 0 Å². The highest BCUT2D eigenvalue weighted by atomic mass is 32.2. The van der Waals surface area contributed by atoms with Crippen LogP contribution in [-0.4, -0.2) is 40.2 Å². The number of nitrogens with zero attached hydrogens (tertiary/aromatic N) is 5. The van der Waals surface area contributed by atoms with Gasteiger partial charge in [0.2, 0.25) is 5.91 Å². The van der Waals surface area contributed by atoms with Crippen LogP contribution in [0.15, 0.2) is 29.6 Å². The summed E-state index contributed by atoms with van der Waals surface area (Å²) in [5.74, 6) is 0.0543. The van der Waals surface area contributed by atoms with E-state index in [-0.39, 0.29) is 5.92 Å². The lowest BCUT2D eigenvalue weighted by molar-refractivity contribution is -0.117. The Labute approximate surface area is 178 Å². The minimum atomic E-state index is -0.746. The van der Waals surface area contributed by atoms with E-state index < -0.39 is 17.3 Å². The van der Waals surface area contributed by atoms with E-state index in [0.717, 1.165) is 24.6 Å². The van der Waals surface area contributed by atoms with Gasteiger partial charge in [0.1, 0.15) is 28.2 Å². The summed E-state index contributed by atoms with van der Waals surface area (Å²) in [6, 6.07) is 7.87. The predicted molar refractivity (Wildman–Crippen MR) is 111 cm³/mol. The highest BCUT2D eigenvalue weighted by Gasteiger charge is 2.36. The van der Waals surface area contributed by atoms with Crippen LogP contribution in [0, 0.1) is 22.7 Å². The maximum Gasteiger partial charge on any atom is 0.235 e. The number of amides is 1. The molecule has 1 aliphatic carbocycles. The van der Waals surface area contributed by atoms with E-state index in [1.165, 1.54) is 0 Å². The Bertz CT molecular complexity index is 1060. The zero-order valence-corrected chi connectivity index (χ0v) is 17.0. The first kappa shape index (κ1) is 20.1. The van der Waals surface area contributed by atoms with Gasteiger partial charge < -0.3 is 15.7 Å². The molecule has 2 aromatic rings. The van der Waals surface area contributed by atoms with Crippen LogP contribution in [0.25, 0.3) is 0 Å². The molecule has 30 heavy (non-hydrogen) atoms. The van der Waals surface area contributed by atoms with Gasteiger partial charge in [-0.25, -0.2) is 4.98 Å². The smallest absolute Gasteiger partial charge is 0.235 e. The number of carbonyl (C=O) groups is 1. The van der Waals surface area contributed by atoms with E-state index in [2.05, 4.69) is 22.1 Å². The Morgan fingerprint density at radius 3 is 2.47 bits per heavy atom. The zero-order valence-electron chi connectivity index (χ0n) is 16.2. The van der Waals surface area contributed by atoms with E-state index >= 15 is 0 Å². The van der Waals surface area contributed by atoms with Crippen LogP contribution in [0.3, 0.4) is 0 Å². The molecule has 0 radical (unpaired) electrons. The third kappa shape index (κ3) is 3.82. The van der Waals surface area contributed by atoms with Crippen molar-refractivity contribution in [1.82, 2.24) is 9.97 Å². The van der Waals surface area contributed by atoms with E-state index in [9.17, 15) is 20.4 Å². The number of rotatable bonds is 6. The standard InChI is InChI=1S/C21H20N6O2S/c22-9-15-17(12-1-2-12)16(10-23)21(26-20(15)27-8-5-14(28)11-27)30-18(19(24)29)13-3-6-25-7-4-13/h3-4,6-7,12,14,18,28H,1-2,5,8,11H2,(H2,24,29). The number of aliphatic hydroxyl groups is 1. The molecular formula is C21H20N6O2S. The molecule has 3 heterocycles. The number of hydrogen-bond acceptors (Lipinski definition) is 8. The number of nitriles is 2. The highest BCUT2D eigenvalue weighted by molar-refractivity contribution is 8.00. The molecule has 152 valence electrons. The summed E-state index contributed by atoms with van der Waals surface area (Å²) in [6.07, 6.45) is 5.08. The summed E-state index contributed by atoms with van der Waals surface area (Å²) in [5, 5.41) is 29.4. The number of aromatic nitrogens is 2. The van der Waals surface area contributed by atoms with Gasteiger partial charge in [0.15, 0.2) is 0 Å². The van der Waals surface area contributed by atoms with Crippen LogP contribution in [0.5, 0.6) is 0 Å². The molecule has 3 N–H and O–H groups in total. The normalized spacial score (nSPS) is 19.2. The molecule has 2 atom stereocenters. The summed E-state index contributed by atoms with van der Waals surface area (Å²) in [5.41, 5.74) is 7.77. The number of pyridine rings is 2. The average Bonchev–Trinajstić information content (AvgIpc) is 3.51. The lowest BCUT2D eigenvalue weighted by Gasteiger charge is -2.23. The number of hydrogen-bond donors (Lipinski definition) is 2. The van der Waals surface area contributed by atoms with Crippen molar-refractivity contribution in [3.8, 4) is 12.1 Å². The van der Waals surface area contributed by atoms with Crippen molar-refractivity contribution >= 4 is 23.5 Å². The Kier molecular flexibility index (Phi) is 5.58. The molecule has 0 aromatic carbocycles. The minimum absolute atomic E-state index is 0.135. The van der Waals surface area contributed by atoms with Crippen molar-refractivity contribution in [2.24, 2.45) is 5.73 Å². The van der Waals surface area contributed by atoms with Crippen LogP contribution in [0.4, 0.5) is 5.82 Å². The highest BCUT2D eigenvalue weighted by Crippen LogP contribution is 2.48. The Morgan fingerprint density at radius 2 is 1.93 bits per heavy atom. The second-order valence-corrected chi connectivity index (χ2v) is 8.57. The number of anilines is 1. The first-order valence-electron chi connectivity index (χ1n) is 9.70. The molecular weight excluding hydrogens is 400 g/mol. The summed E-state index contributed by atoms with van der Waals surface area (Å²) in [7, 11) is 0. The van der Waals surface area contributed by atoms with Gasteiger partial charge in [-0.2, -0.15) is 10.5 Å². The van der Waals surface area contributed by atoms with Crippen molar-refractivity contribution in [2.45, 2.75) is 41.6 Å². The Hall–Kier alpha value is -3.14. The lowest BCUT2D eigenvalue weighted by atomic mass is 10.00. The van der Waals surface area contributed by atoms with Crippen LogP contribution in [-0.2, 0) is 4.79 Å². The summed E-state index contributed by atoms with van der Waals surface area (Å²) in [6.45, 7) is 0.956. The van der Waals surface area contributed by atoms with Crippen molar-refractivity contribution in [2.75, 3.05) is 18.0 Å². The van der Waals surface area contributed by atoms with Crippen LogP contribution < -0.4 is 10.6 Å². The molecule has 4 rings (SSSR count). The van der Waals surface area contributed by atoms with Crippen LogP contribution >= 0.6 is 11.8 Å². The monoisotopic (exact) mass is 420 g/mol. The lowest BCUT2D eigenvalue weighted by Crippen LogP contribution is -2.25. The second-order valence-electron chi connectivity index (χ2n) is 7.47. The fourth-order valence-corrected chi connectivity index (χ4v) is 4.80. The quantitative estimate of drug-likeness (QED) is 0.676. The van der Waals surface area contributed by atoms with Crippen LogP contribution in [0.2, 0.25) is 0 Å². The number of nitrogens with two attached hydrogens (primary N) is 1. The molecule has 2 aromatic heterocycles. The molecule has 1 amide bonds. The molecule has 0 spiro atoms. The molecule has 2 fully saturated rings. The third-order valence-electron chi connectivity index (χ3n) is 5.35. The van der Waals surface area contributed by atoms with Gasteiger partial charge in [-0.05, 0) is 48.4 Å². The molecule has 0 bridgehead atoms. The maximum atomic E-state index is 12.2. The van der Waals surface area contributed by atoms with E-state index in [1.54, 1.807) is 24.5 Å². The maximum absolute atomic E-state index is 12.2. The number of thioether (sulfide) groups is 1. The Morgan fingerprint density at radius 1 is 1.23 bits per heavy atom. The largest absolute Gasteiger partial charge is 0.391 e. The van der Waals surface area contributed by atoms with Crippen molar-refractivity contribution < 1.29 is 9.90 Å².